The van der Waals surface area contributed by atoms with E-state index in [2.05, 4.69) is 36.0 Å². The van der Waals surface area contributed by atoms with E-state index in [4.69, 9.17) is 4.99 Å². The zero-order chi connectivity index (χ0) is 14.5. The zero-order valence-corrected chi connectivity index (χ0v) is 13.8. The lowest BCUT2D eigenvalue weighted by atomic mass is 9.92. The maximum Gasteiger partial charge on any atom is 0.194 e. The highest BCUT2D eigenvalue weighted by Crippen LogP contribution is 2.21. The maximum absolute atomic E-state index is 4.79. The third kappa shape index (κ3) is 4.20. The van der Waals surface area contributed by atoms with Gasteiger partial charge in [-0.1, -0.05) is 13.8 Å². The predicted molar refractivity (Wildman–Crippen MR) is 86.2 cm³/mol. The Morgan fingerprint density at radius 3 is 2.70 bits per heavy atom. The minimum absolute atomic E-state index is 0.729. The SMILES string of the molecule is CCNC(=NCc1cnc(C)s1)N1CC(C)CC(C)C1. The lowest BCUT2D eigenvalue weighted by Crippen LogP contribution is -2.48. The second-order valence-electron chi connectivity index (χ2n) is 5.87. The first-order valence-electron chi connectivity index (χ1n) is 7.53. The van der Waals surface area contributed by atoms with Crippen molar-refractivity contribution in [2.24, 2.45) is 16.8 Å². The molecule has 1 aliphatic rings. The molecule has 1 saturated heterocycles. The number of aryl methyl sites for hydroxylation is 1. The summed E-state index contributed by atoms with van der Waals surface area (Å²) in [5.41, 5.74) is 0. The summed E-state index contributed by atoms with van der Waals surface area (Å²) in [5, 5.41) is 4.54. The van der Waals surface area contributed by atoms with E-state index in [9.17, 15) is 0 Å². The van der Waals surface area contributed by atoms with Gasteiger partial charge in [0.05, 0.1) is 11.6 Å². The summed E-state index contributed by atoms with van der Waals surface area (Å²) in [5.74, 6) is 2.54. The molecule has 0 aliphatic carbocycles. The van der Waals surface area contributed by atoms with E-state index >= 15 is 0 Å². The van der Waals surface area contributed by atoms with Crippen molar-refractivity contribution < 1.29 is 0 Å². The van der Waals surface area contributed by atoms with E-state index in [1.807, 2.05) is 13.1 Å². The van der Waals surface area contributed by atoms with Crippen molar-refractivity contribution in [2.45, 2.75) is 40.7 Å². The van der Waals surface area contributed by atoms with Crippen LogP contribution in [-0.2, 0) is 6.54 Å². The monoisotopic (exact) mass is 294 g/mol. The molecular formula is C15H26N4S. The quantitative estimate of drug-likeness (QED) is 0.688. The molecule has 2 atom stereocenters. The number of likely N-dealkylation sites (tertiary alicyclic amines) is 1. The van der Waals surface area contributed by atoms with Gasteiger partial charge in [-0.2, -0.15) is 0 Å². The normalized spacial score (nSPS) is 24.0. The Hall–Kier alpha value is -1.10. The molecule has 1 fully saturated rings. The van der Waals surface area contributed by atoms with Gasteiger partial charge in [0.1, 0.15) is 0 Å². The summed E-state index contributed by atoms with van der Waals surface area (Å²) in [4.78, 5) is 12.7. The number of hydrogen-bond donors (Lipinski definition) is 1. The number of nitrogens with one attached hydrogen (secondary N) is 1. The molecule has 112 valence electrons. The van der Waals surface area contributed by atoms with Gasteiger partial charge in [-0.05, 0) is 32.1 Å². The average molecular weight is 294 g/mol. The number of thiazole rings is 1. The zero-order valence-electron chi connectivity index (χ0n) is 13.0. The largest absolute Gasteiger partial charge is 0.357 e. The van der Waals surface area contributed by atoms with Crippen LogP contribution in [0, 0.1) is 18.8 Å². The Bertz CT molecular complexity index is 444. The number of nitrogens with zero attached hydrogens (tertiary/aromatic N) is 3. The van der Waals surface area contributed by atoms with Crippen LogP contribution in [0.5, 0.6) is 0 Å². The van der Waals surface area contributed by atoms with Gasteiger partial charge in [-0.25, -0.2) is 9.98 Å². The van der Waals surface area contributed by atoms with Crippen LogP contribution in [0.15, 0.2) is 11.2 Å². The summed E-state index contributed by atoms with van der Waals surface area (Å²) < 4.78 is 0. The van der Waals surface area contributed by atoms with Gasteiger partial charge < -0.3 is 10.2 Å². The van der Waals surface area contributed by atoms with Gasteiger partial charge in [0.2, 0.25) is 0 Å². The van der Waals surface area contributed by atoms with Crippen molar-refractivity contribution in [3.63, 3.8) is 0 Å². The molecule has 2 heterocycles. The van der Waals surface area contributed by atoms with Gasteiger partial charge in [-0.3, -0.25) is 0 Å². The first-order valence-corrected chi connectivity index (χ1v) is 8.34. The molecule has 0 bridgehead atoms. The third-order valence-electron chi connectivity index (χ3n) is 3.56. The number of aromatic nitrogens is 1. The van der Waals surface area contributed by atoms with Crippen LogP contribution < -0.4 is 5.32 Å². The highest BCUT2D eigenvalue weighted by molar-refractivity contribution is 7.11. The molecule has 2 unspecified atom stereocenters. The van der Waals surface area contributed by atoms with Crippen LogP contribution >= 0.6 is 11.3 Å². The second-order valence-corrected chi connectivity index (χ2v) is 7.19. The van der Waals surface area contributed by atoms with Gasteiger partial charge >= 0.3 is 0 Å². The molecule has 5 heteroatoms. The highest BCUT2D eigenvalue weighted by atomic mass is 32.1. The van der Waals surface area contributed by atoms with E-state index in [-0.39, 0.29) is 0 Å². The van der Waals surface area contributed by atoms with E-state index < -0.39 is 0 Å². The molecule has 0 saturated carbocycles. The van der Waals surface area contributed by atoms with Crippen molar-refractivity contribution in [3.05, 3.63) is 16.1 Å². The number of piperidine rings is 1. The van der Waals surface area contributed by atoms with E-state index in [0.29, 0.717) is 0 Å². The first-order chi connectivity index (χ1) is 9.58. The fourth-order valence-corrected chi connectivity index (χ4v) is 3.61. The molecule has 0 radical (unpaired) electrons. The smallest absolute Gasteiger partial charge is 0.194 e. The molecule has 20 heavy (non-hydrogen) atoms. The lowest BCUT2D eigenvalue weighted by molar-refractivity contribution is 0.208. The average Bonchev–Trinajstić information content (AvgIpc) is 2.79. The Labute approximate surface area is 126 Å². The Morgan fingerprint density at radius 2 is 2.15 bits per heavy atom. The highest BCUT2D eigenvalue weighted by Gasteiger charge is 2.23. The van der Waals surface area contributed by atoms with Gasteiger partial charge in [0, 0.05) is 30.7 Å². The van der Waals surface area contributed by atoms with Gasteiger partial charge in [-0.15, -0.1) is 11.3 Å². The summed E-state index contributed by atoms with van der Waals surface area (Å²) in [6, 6.07) is 0. The molecule has 4 nitrogen and oxygen atoms in total. The van der Waals surface area contributed by atoms with Crippen LogP contribution in [0.25, 0.3) is 0 Å². The number of aliphatic imine (C=N–C) groups is 1. The standard InChI is InChI=1S/C15H26N4S/c1-5-16-15(18-8-14-7-17-13(4)20-14)19-9-11(2)6-12(3)10-19/h7,11-12H,5-6,8-10H2,1-4H3,(H,16,18). The van der Waals surface area contributed by atoms with Crippen molar-refractivity contribution in [1.29, 1.82) is 0 Å². The topological polar surface area (TPSA) is 40.5 Å². The summed E-state index contributed by atoms with van der Waals surface area (Å²) >= 11 is 1.73. The van der Waals surface area contributed by atoms with Crippen molar-refractivity contribution in [1.82, 2.24) is 15.2 Å². The maximum atomic E-state index is 4.79. The molecular weight excluding hydrogens is 268 g/mol. The van der Waals surface area contributed by atoms with Crippen molar-refractivity contribution in [2.75, 3.05) is 19.6 Å². The molecule has 0 aromatic carbocycles. The summed E-state index contributed by atoms with van der Waals surface area (Å²) in [6.45, 7) is 12.7. The van der Waals surface area contributed by atoms with Crippen LogP contribution in [0.3, 0.4) is 0 Å². The van der Waals surface area contributed by atoms with E-state index in [1.165, 1.54) is 11.3 Å². The molecule has 0 spiro atoms. The Balaban J connectivity index is 2.05. The first kappa shape index (κ1) is 15.3. The van der Waals surface area contributed by atoms with Crippen LogP contribution in [0.1, 0.15) is 37.1 Å². The third-order valence-corrected chi connectivity index (χ3v) is 4.45. The Kier molecular flexibility index (Phi) is 5.40. The number of hydrogen-bond acceptors (Lipinski definition) is 3. The fraction of sp³-hybridized carbons (Fsp3) is 0.733. The minimum atomic E-state index is 0.729. The van der Waals surface area contributed by atoms with E-state index in [0.717, 1.165) is 49.0 Å². The lowest BCUT2D eigenvalue weighted by Gasteiger charge is -2.37. The fourth-order valence-electron chi connectivity index (χ4n) is 2.89. The summed E-state index contributed by atoms with van der Waals surface area (Å²) in [6.07, 6.45) is 3.26. The molecule has 1 N–H and O–H groups in total. The van der Waals surface area contributed by atoms with Gasteiger partial charge in [0.25, 0.3) is 0 Å². The molecule has 2 rings (SSSR count). The number of rotatable bonds is 3. The van der Waals surface area contributed by atoms with Crippen LogP contribution in [0.4, 0.5) is 0 Å². The minimum Gasteiger partial charge on any atom is -0.357 e. The molecule has 1 aliphatic heterocycles. The second kappa shape index (κ2) is 7.07. The number of guanidine groups is 1. The van der Waals surface area contributed by atoms with Crippen molar-refractivity contribution in [3.8, 4) is 0 Å². The molecule has 1 aromatic heterocycles. The summed E-state index contributed by atoms with van der Waals surface area (Å²) in [7, 11) is 0. The predicted octanol–water partition coefficient (Wildman–Crippen LogP) is 2.89. The molecule has 0 amide bonds. The van der Waals surface area contributed by atoms with Crippen LogP contribution in [-0.4, -0.2) is 35.5 Å². The Morgan fingerprint density at radius 1 is 1.45 bits per heavy atom. The van der Waals surface area contributed by atoms with E-state index in [1.54, 1.807) is 11.3 Å². The van der Waals surface area contributed by atoms with Crippen molar-refractivity contribution >= 4 is 17.3 Å². The molecule has 1 aromatic rings. The van der Waals surface area contributed by atoms with Crippen LogP contribution in [0.2, 0.25) is 0 Å². The van der Waals surface area contributed by atoms with Gasteiger partial charge in [0.15, 0.2) is 5.96 Å².